The largest absolute Gasteiger partial charge is 0.394 e. The highest BCUT2D eigenvalue weighted by Gasteiger charge is 1.85. The van der Waals surface area contributed by atoms with Crippen LogP contribution in [0.25, 0.3) is 0 Å². The van der Waals surface area contributed by atoms with Gasteiger partial charge in [0.1, 0.15) is 0 Å². The smallest absolute Gasteiger partial charge is 0.370 e. The predicted molar refractivity (Wildman–Crippen MR) is 54.0 cm³/mol. The fourth-order valence-corrected chi connectivity index (χ4v) is 0. The van der Waals surface area contributed by atoms with Crippen molar-refractivity contribution in [2.24, 2.45) is 5.73 Å². The van der Waals surface area contributed by atoms with Crippen LogP contribution < -0.4 is 5.73 Å². The molecule has 0 saturated carbocycles. The number of nitrogens with one attached hydrogen (secondary N) is 1. The van der Waals surface area contributed by atoms with Gasteiger partial charge >= 0.3 is 20.8 Å². The van der Waals surface area contributed by atoms with Crippen molar-refractivity contribution in [1.29, 1.82) is 5.41 Å². The number of rotatable bonds is 0. The summed E-state index contributed by atoms with van der Waals surface area (Å²) in [5.74, 6) is 0.0926. The lowest BCUT2D eigenvalue weighted by molar-refractivity contribution is 0.378. The Labute approximate surface area is 92.5 Å². The van der Waals surface area contributed by atoms with Crippen molar-refractivity contribution in [1.82, 2.24) is 4.90 Å². The zero-order chi connectivity index (χ0) is 14.2. The molecule has 0 unspecified atom stereocenters. The fraction of sp³-hybridized carbons (Fsp3) is 0.667. The highest BCUT2D eigenvalue weighted by atomic mass is 32.3. The first-order chi connectivity index (χ1) is 6.64. The van der Waals surface area contributed by atoms with Crippen molar-refractivity contribution < 1.29 is 35.0 Å². The summed E-state index contributed by atoms with van der Waals surface area (Å²) < 4.78 is 63.2. The van der Waals surface area contributed by atoms with E-state index in [9.17, 15) is 0 Å². The summed E-state index contributed by atoms with van der Waals surface area (Å²) in [6.45, 7) is 0. The minimum absolute atomic E-state index is 0.0926. The van der Waals surface area contributed by atoms with Crippen molar-refractivity contribution in [2.75, 3.05) is 14.1 Å². The third-order valence-corrected chi connectivity index (χ3v) is 0.482. The van der Waals surface area contributed by atoms with E-state index in [4.69, 9.17) is 46.2 Å². The molecule has 0 radical (unpaired) electrons. The van der Waals surface area contributed by atoms with Gasteiger partial charge in [0.2, 0.25) is 0 Å². The number of nitrogens with zero attached hydrogens (tertiary/aromatic N) is 1. The van der Waals surface area contributed by atoms with Gasteiger partial charge in [-0.05, 0) is 0 Å². The number of guanidine groups is 1. The summed E-state index contributed by atoms with van der Waals surface area (Å²) in [5.41, 5.74) is 4.94. The van der Waals surface area contributed by atoms with Gasteiger partial charge in [-0.25, -0.2) is 0 Å². The van der Waals surface area contributed by atoms with E-state index in [0.717, 1.165) is 0 Å². The van der Waals surface area contributed by atoms with Crippen LogP contribution in [0.4, 0.5) is 0 Å². The van der Waals surface area contributed by atoms with Gasteiger partial charge in [-0.3, -0.25) is 23.6 Å². The molecule has 0 bridgehead atoms. The first-order valence-electron chi connectivity index (χ1n) is 3.05. The van der Waals surface area contributed by atoms with Crippen LogP contribution >= 0.6 is 0 Å². The Balaban J connectivity index is -0.000000160. The van der Waals surface area contributed by atoms with Gasteiger partial charge in [-0.2, -0.15) is 16.8 Å². The Kier molecular flexibility index (Phi) is 10.5. The van der Waals surface area contributed by atoms with Crippen LogP contribution in [0.3, 0.4) is 0 Å². The summed E-state index contributed by atoms with van der Waals surface area (Å²) in [4.78, 5) is 1.53. The average molecular weight is 283 g/mol. The van der Waals surface area contributed by atoms with Crippen LogP contribution in [0.2, 0.25) is 0 Å². The van der Waals surface area contributed by atoms with Crippen molar-refractivity contribution >= 4 is 26.8 Å². The SMILES string of the molecule is CN(C)C(=N)N.O=S(=O)(O)O.O=S(=O)(O)O. The Morgan fingerprint density at radius 2 is 1.06 bits per heavy atom. The lowest BCUT2D eigenvalue weighted by Gasteiger charge is -2.05. The second kappa shape index (κ2) is 8.20. The maximum absolute atomic E-state index is 8.74. The quantitative estimate of drug-likeness (QED) is 0.166. The van der Waals surface area contributed by atoms with Crippen molar-refractivity contribution in [3.05, 3.63) is 0 Å². The molecule has 11 nitrogen and oxygen atoms in total. The molecule has 0 aliphatic heterocycles. The molecular formula is C3H13N3O8S2. The van der Waals surface area contributed by atoms with Crippen molar-refractivity contribution in [3.8, 4) is 0 Å². The molecule has 0 fully saturated rings. The van der Waals surface area contributed by atoms with Crippen LogP contribution in [0.1, 0.15) is 0 Å². The topological polar surface area (TPSA) is 202 Å². The third-order valence-electron chi connectivity index (χ3n) is 0.482. The molecule has 0 saturated heterocycles. The summed E-state index contributed by atoms with van der Waals surface area (Å²) in [6.07, 6.45) is 0. The normalized spacial score (nSPS) is 10.1. The zero-order valence-electron chi connectivity index (χ0n) is 8.26. The molecule has 16 heavy (non-hydrogen) atoms. The monoisotopic (exact) mass is 283 g/mol. The van der Waals surface area contributed by atoms with E-state index in [0.29, 0.717) is 0 Å². The second-order valence-electron chi connectivity index (χ2n) is 2.18. The number of hydrogen-bond acceptors (Lipinski definition) is 5. The third kappa shape index (κ3) is 207. The van der Waals surface area contributed by atoms with Crippen LogP contribution in [-0.2, 0) is 20.8 Å². The van der Waals surface area contributed by atoms with Crippen molar-refractivity contribution in [3.63, 3.8) is 0 Å². The predicted octanol–water partition coefficient (Wildman–Crippen LogP) is -1.86. The van der Waals surface area contributed by atoms with Crippen LogP contribution in [0, 0.1) is 5.41 Å². The Hall–Kier alpha value is -0.990. The molecule has 0 aromatic rings. The van der Waals surface area contributed by atoms with Gasteiger partial charge in [0.05, 0.1) is 0 Å². The average Bonchev–Trinajstić information content (AvgIpc) is 1.77. The summed E-state index contributed by atoms with van der Waals surface area (Å²) in [7, 11) is -5.88. The van der Waals surface area contributed by atoms with Gasteiger partial charge in [0.15, 0.2) is 5.96 Å². The second-order valence-corrected chi connectivity index (χ2v) is 3.97. The van der Waals surface area contributed by atoms with Crippen LogP contribution in [-0.4, -0.2) is 60.0 Å². The molecule has 7 N–H and O–H groups in total. The Morgan fingerprint density at radius 3 is 1.06 bits per heavy atom. The van der Waals surface area contributed by atoms with Gasteiger partial charge in [0, 0.05) is 14.1 Å². The highest BCUT2D eigenvalue weighted by Crippen LogP contribution is 1.62. The van der Waals surface area contributed by atoms with Crippen LogP contribution in [0.5, 0.6) is 0 Å². The molecule has 0 spiro atoms. The van der Waals surface area contributed by atoms with E-state index in [1.807, 2.05) is 0 Å². The summed E-state index contributed by atoms with van der Waals surface area (Å²) in [5, 5.41) is 6.65. The molecule has 0 amide bonds. The van der Waals surface area contributed by atoms with Gasteiger partial charge in [-0.15, -0.1) is 0 Å². The molecule has 100 valence electrons. The molecule has 13 heteroatoms. The molecule has 0 heterocycles. The maximum atomic E-state index is 8.74. The van der Waals surface area contributed by atoms with E-state index in [1.54, 1.807) is 14.1 Å². The lowest BCUT2D eigenvalue weighted by Crippen LogP contribution is -2.28. The van der Waals surface area contributed by atoms with E-state index in [1.165, 1.54) is 4.90 Å². The molecule has 0 aliphatic carbocycles. The zero-order valence-corrected chi connectivity index (χ0v) is 9.90. The van der Waals surface area contributed by atoms with Gasteiger partial charge < -0.3 is 10.6 Å². The standard InChI is InChI=1S/C3H9N3.2H2O4S/c1-6(2)3(4)5;2*1-5(2,3)4/h1-2H3,(H3,4,5);2*(H2,1,2,3,4). The van der Waals surface area contributed by atoms with Gasteiger partial charge in [0.25, 0.3) is 0 Å². The maximum Gasteiger partial charge on any atom is 0.394 e. The lowest BCUT2D eigenvalue weighted by atomic mass is 10.8. The van der Waals surface area contributed by atoms with Crippen LogP contribution in [0.15, 0.2) is 0 Å². The molecular weight excluding hydrogens is 270 g/mol. The molecule has 0 aromatic carbocycles. The Bertz CT molecular complexity index is 337. The van der Waals surface area contributed by atoms with E-state index in [2.05, 4.69) is 0 Å². The fourth-order valence-electron chi connectivity index (χ4n) is 0. The van der Waals surface area contributed by atoms with Gasteiger partial charge in [-0.1, -0.05) is 0 Å². The van der Waals surface area contributed by atoms with E-state index >= 15 is 0 Å². The van der Waals surface area contributed by atoms with E-state index in [-0.39, 0.29) is 5.96 Å². The molecule has 0 aliphatic rings. The summed E-state index contributed by atoms with van der Waals surface area (Å²) >= 11 is 0. The molecule has 0 rings (SSSR count). The highest BCUT2D eigenvalue weighted by molar-refractivity contribution is 7.80. The number of hydrogen-bond donors (Lipinski definition) is 6. The van der Waals surface area contributed by atoms with Crippen molar-refractivity contribution in [2.45, 2.75) is 0 Å². The Morgan fingerprint density at radius 1 is 1.00 bits per heavy atom. The molecule has 0 atom stereocenters. The summed E-state index contributed by atoms with van der Waals surface area (Å²) in [6, 6.07) is 0. The first kappa shape index (κ1) is 20.4. The minimum atomic E-state index is -4.67. The first-order valence-corrected chi connectivity index (χ1v) is 5.85. The minimum Gasteiger partial charge on any atom is -0.370 e. The van der Waals surface area contributed by atoms with E-state index < -0.39 is 20.8 Å². The number of nitrogens with two attached hydrogens (primary N) is 1. The molecule has 0 aromatic heterocycles.